The van der Waals surface area contributed by atoms with Gasteiger partial charge in [-0.1, -0.05) is 29.0 Å². The fourth-order valence-corrected chi connectivity index (χ4v) is 2.35. The molecule has 0 fully saturated rings. The van der Waals surface area contributed by atoms with Crippen LogP contribution in [0.4, 0.5) is 5.13 Å². The van der Waals surface area contributed by atoms with E-state index in [4.69, 9.17) is 11.6 Å². The molecule has 0 atom stereocenters. The van der Waals surface area contributed by atoms with Crippen LogP contribution in [-0.4, -0.2) is 16.1 Å². The Hall–Kier alpha value is -1.17. The third-order valence-electron chi connectivity index (χ3n) is 1.84. The highest BCUT2D eigenvalue weighted by Crippen LogP contribution is 2.32. The Morgan fingerprint density at radius 1 is 1.60 bits per heavy atom. The Balaban J connectivity index is 2.56. The van der Waals surface area contributed by atoms with Crippen LogP contribution in [0.25, 0.3) is 10.2 Å². The number of carbonyl (C=O) groups excluding carboxylic acids is 1. The average molecular weight is 243 g/mol. The van der Waals surface area contributed by atoms with E-state index in [-0.39, 0.29) is 5.13 Å². The molecule has 0 radical (unpaired) electrons. The maximum absolute atomic E-state index is 10.9. The van der Waals surface area contributed by atoms with Crippen LogP contribution in [0.2, 0.25) is 5.02 Å². The number of hydrogen-bond acceptors (Lipinski definition) is 4. The summed E-state index contributed by atoms with van der Waals surface area (Å²) in [6.07, 6.45) is 0. The molecular weight excluding hydrogens is 236 g/mol. The van der Waals surface area contributed by atoms with Crippen molar-refractivity contribution in [3.63, 3.8) is 0 Å². The largest absolute Gasteiger partial charge is 0.279 e. The monoisotopic (exact) mass is 242 g/mol. The van der Waals surface area contributed by atoms with E-state index in [0.29, 0.717) is 15.6 Å². The number of fused-ring (bicyclic) bond motifs is 1. The lowest BCUT2D eigenvalue weighted by molar-refractivity contribution is -0.121. The van der Waals surface area contributed by atoms with Crippen molar-refractivity contribution in [2.45, 2.75) is 6.92 Å². The van der Waals surface area contributed by atoms with Crippen molar-refractivity contribution in [2.75, 3.05) is 5.06 Å². The van der Waals surface area contributed by atoms with E-state index >= 15 is 0 Å². The fraction of sp³-hybridized carbons (Fsp3) is 0.111. The molecule has 1 aromatic heterocycles. The maximum Gasteiger partial charge on any atom is 0.249 e. The molecule has 1 amide bonds. The fourth-order valence-electron chi connectivity index (χ4n) is 1.13. The predicted octanol–water partition coefficient (Wildman–Crippen LogP) is 2.69. The Bertz CT molecular complexity index is 526. The second kappa shape index (κ2) is 3.77. The number of carbonyl (C=O) groups is 1. The molecule has 1 aromatic carbocycles. The lowest BCUT2D eigenvalue weighted by Crippen LogP contribution is -2.23. The Morgan fingerprint density at radius 2 is 2.33 bits per heavy atom. The van der Waals surface area contributed by atoms with Gasteiger partial charge in [-0.25, -0.2) is 4.98 Å². The molecule has 0 saturated heterocycles. The molecule has 1 N–H and O–H groups in total. The molecule has 2 rings (SSSR count). The van der Waals surface area contributed by atoms with Gasteiger partial charge in [0.2, 0.25) is 11.0 Å². The van der Waals surface area contributed by atoms with Crippen molar-refractivity contribution in [1.29, 1.82) is 0 Å². The number of hydroxylamine groups is 1. The zero-order valence-electron chi connectivity index (χ0n) is 7.77. The maximum atomic E-state index is 10.9. The predicted molar refractivity (Wildman–Crippen MR) is 59.6 cm³/mol. The van der Waals surface area contributed by atoms with Gasteiger partial charge in [0.25, 0.3) is 0 Å². The first kappa shape index (κ1) is 10.4. The van der Waals surface area contributed by atoms with Crippen LogP contribution in [-0.2, 0) is 4.79 Å². The first-order valence-electron chi connectivity index (χ1n) is 4.14. The second-order valence-corrected chi connectivity index (χ2v) is 4.33. The van der Waals surface area contributed by atoms with E-state index in [1.165, 1.54) is 18.3 Å². The molecule has 1 heterocycles. The highest BCUT2D eigenvalue weighted by atomic mass is 35.5. The van der Waals surface area contributed by atoms with E-state index in [1.54, 1.807) is 12.1 Å². The summed E-state index contributed by atoms with van der Waals surface area (Å²) < 4.78 is 0.831. The van der Waals surface area contributed by atoms with Crippen LogP contribution in [0.5, 0.6) is 0 Å². The lowest BCUT2D eigenvalue weighted by Gasteiger charge is -2.06. The summed E-state index contributed by atoms with van der Waals surface area (Å²) >= 11 is 7.12. The summed E-state index contributed by atoms with van der Waals surface area (Å²) in [5, 5.41) is 10.6. The van der Waals surface area contributed by atoms with Gasteiger partial charge in [0.1, 0.15) is 5.52 Å². The highest BCUT2D eigenvalue weighted by Gasteiger charge is 2.14. The van der Waals surface area contributed by atoms with Gasteiger partial charge in [0.05, 0.1) is 9.72 Å². The van der Waals surface area contributed by atoms with Gasteiger partial charge in [-0.05, 0) is 12.1 Å². The van der Waals surface area contributed by atoms with Crippen molar-refractivity contribution in [1.82, 2.24) is 4.98 Å². The minimum Gasteiger partial charge on any atom is -0.279 e. The number of thiazole rings is 1. The SMILES string of the molecule is CC(=O)N(O)c1nc2c(Cl)cccc2s1. The highest BCUT2D eigenvalue weighted by molar-refractivity contribution is 7.22. The van der Waals surface area contributed by atoms with Crippen molar-refractivity contribution in [3.8, 4) is 0 Å². The van der Waals surface area contributed by atoms with Gasteiger partial charge in [-0.2, -0.15) is 5.06 Å². The Labute approximate surface area is 94.7 Å². The summed E-state index contributed by atoms with van der Waals surface area (Å²) in [5.41, 5.74) is 0.597. The lowest BCUT2D eigenvalue weighted by atomic mass is 10.3. The summed E-state index contributed by atoms with van der Waals surface area (Å²) in [5.74, 6) is -0.481. The van der Waals surface area contributed by atoms with Crippen LogP contribution in [0, 0.1) is 0 Å². The number of benzene rings is 1. The molecule has 0 bridgehead atoms. The van der Waals surface area contributed by atoms with Gasteiger partial charge in [-0.3, -0.25) is 10.0 Å². The average Bonchev–Trinajstić information content (AvgIpc) is 2.61. The number of aromatic nitrogens is 1. The van der Waals surface area contributed by atoms with E-state index in [9.17, 15) is 10.0 Å². The molecule has 15 heavy (non-hydrogen) atoms. The zero-order valence-corrected chi connectivity index (χ0v) is 9.34. The topological polar surface area (TPSA) is 53.4 Å². The summed E-state index contributed by atoms with van der Waals surface area (Å²) in [4.78, 5) is 15.0. The standard InChI is InChI=1S/C9H7ClN2O2S/c1-5(13)12(14)9-11-8-6(10)3-2-4-7(8)15-9/h2-4,14H,1H3. The van der Waals surface area contributed by atoms with Gasteiger partial charge in [-0.15, -0.1) is 0 Å². The van der Waals surface area contributed by atoms with Crippen molar-refractivity contribution >= 4 is 44.2 Å². The van der Waals surface area contributed by atoms with E-state index in [0.717, 1.165) is 4.70 Å². The molecular formula is C9H7ClN2O2S. The molecule has 0 aliphatic heterocycles. The zero-order chi connectivity index (χ0) is 11.0. The molecule has 0 spiro atoms. The number of para-hydroxylation sites is 1. The third-order valence-corrected chi connectivity index (χ3v) is 3.14. The number of hydrogen-bond donors (Lipinski definition) is 1. The molecule has 0 unspecified atom stereocenters. The number of anilines is 1. The number of nitrogens with zero attached hydrogens (tertiary/aromatic N) is 2. The first-order chi connectivity index (χ1) is 7.09. The Morgan fingerprint density at radius 3 is 2.93 bits per heavy atom. The van der Waals surface area contributed by atoms with E-state index in [2.05, 4.69) is 4.98 Å². The van der Waals surface area contributed by atoms with Crippen molar-refractivity contribution < 1.29 is 10.0 Å². The van der Waals surface area contributed by atoms with Gasteiger partial charge >= 0.3 is 0 Å². The number of halogens is 1. The summed E-state index contributed by atoms with van der Waals surface area (Å²) in [6, 6.07) is 5.33. The number of amides is 1. The van der Waals surface area contributed by atoms with Gasteiger partial charge in [0.15, 0.2) is 0 Å². The van der Waals surface area contributed by atoms with Crippen LogP contribution in [0.3, 0.4) is 0 Å². The molecule has 6 heteroatoms. The quantitative estimate of drug-likeness (QED) is 0.618. The molecule has 0 saturated carbocycles. The van der Waals surface area contributed by atoms with Gasteiger partial charge in [0, 0.05) is 6.92 Å². The molecule has 2 aromatic rings. The summed E-state index contributed by atoms with van der Waals surface area (Å²) in [7, 11) is 0. The smallest absolute Gasteiger partial charge is 0.249 e. The first-order valence-corrected chi connectivity index (χ1v) is 5.33. The Kier molecular flexibility index (Phi) is 2.60. The van der Waals surface area contributed by atoms with Crippen molar-refractivity contribution in [2.24, 2.45) is 0 Å². The van der Waals surface area contributed by atoms with Crippen LogP contribution in [0.15, 0.2) is 18.2 Å². The summed E-state index contributed by atoms with van der Waals surface area (Å²) in [6.45, 7) is 1.26. The number of rotatable bonds is 1. The minimum absolute atomic E-state index is 0.227. The normalized spacial score (nSPS) is 10.6. The molecule has 0 aliphatic rings. The van der Waals surface area contributed by atoms with Crippen LogP contribution in [0.1, 0.15) is 6.92 Å². The second-order valence-electron chi connectivity index (χ2n) is 2.91. The third kappa shape index (κ3) is 1.81. The minimum atomic E-state index is -0.481. The molecule has 4 nitrogen and oxygen atoms in total. The van der Waals surface area contributed by atoms with E-state index < -0.39 is 5.91 Å². The molecule has 0 aliphatic carbocycles. The van der Waals surface area contributed by atoms with Gasteiger partial charge < -0.3 is 0 Å². The van der Waals surface area contributed by atoms with E-state index in [1.807, 2.05) is 6.07 Å². The molecule has 78 valence electrons. The van der Waals surface area contributed by atoms with Crippen LogP contribution >= 0.6 is 22.9 Å². The van der Waals surface area contributed by atoms with Crippen molar-refractivity contribution in [3.05, 3.63) is 23.2 Å². The van der Waals surface area contributed by atoms with Crippen LogP contribution < -0.4 is 5.06 Å².